The second-order valence-electron chi connectivity index (χ2n) is 6.61. The summed E-state index contributed by atoms with van der Waals surface area (Å²) in [6.45, 7) is 5.90. The van der Waals surface area contributed by atoms with Gasteiger partial charge in [0.2, 0.25) is 0 Å². The van der Waals surface area contributed by atoms with Gasteiger partial charge in [-0.2, -0.15) is 0 Å². The van der Waals surface area contributed by atoms with Gasteiger partial charge < -0.3 is 4.42 Å². The lowest BCUT2D eigenvalue weighted by atomic mass is 10.1. The molecule has 2 aromatic heterocycles. The van der Waals surface area contributed by atoms with Gasteiger partial charge in [-0.3, -0.25) is 4.57 Å². The lowest BCUT2D eigenvalue weighted by Gasteiger charge is -2.09. The zero-order valence-electron chi connectivity index (χ0n) is 15.5. The van der Waals surface area contributed by atoms with Gasteiger partial charge in [0.1, 0.15) is 5.58 Å². The lowest BCUT2D eigenvalue weighted by Crippen LogP contribution is -2.02. The number of thioether (sulfide) groups is 1. The Balaban J connectivity index is 1.88. The number of aromatic nitrogens is 2. The highest BCUT2D eigenvalue weighted by Crippen LogP contribution is 2.32. The molecule has 0 radical (unpaired) electrons. The molecule has 4 nitrogen and oxygen atoms in total. The molecule has 4 aromatic rings. The Hall–Kier alpha value is -2.47. The molecule has 0 N–H and O–H groups in total. The van der Waals surface area contributed by atoms with E-state index in [-0.39, 0.29) is 0 Å². The van der Waals surface area contributed by atoms with Crippen LogP contribution in [-0.4, -0.2) is 15.3 Å². The van der Waals surface area contributed by atoms with Gasteiger partial charge in [-0.25, -0.2) is 9.78 Å². The fourth-order valence-corrected chi connectivity index (χ4v) is 4.20. The van der Waals surface area contributed by atoms with E-state index in [1.54, 1.807) is 30.5 Å². The molecule has 2 aromatic carbocycles. The van der Waals surface area contributed by atoms with Crippen LogP contribution in [-0.2, 0) is 0 Å². The van der Waals surface area contributed by atoms with Gasteiger partial charge in [0.15, 0.2) is 5.16 Å². The maximum absolute atomic E-state index is 12.6. The third kappa shape index (κ3) is 4.13. The van der Waals surface area contributed by atoms with Crippen LogP contribution in [0.25, 0.3) is 27.9 Å². The number of hydrogen-bond donors (Lipinski definition) is 0. The maximum Gasteiger partial charge on any atom is 0.345 e. The van der Waals surface area contributed by atoms with Crippen molar-refractivity contribution in [2.24, 2.45) is 0 Å². The summed E-state index contributed by atoms with van der Waals surface area (Å²) in [7, 11) is 0. The van der Waals surface area contributed by atoms with E-state index >= 15 is 0 Å². The molecule has 0 atom stereocenters. The van der Waals surface area contributed by atoms with Gasteiger partial charge in [-0.1, -0.05) is 65.3 Å². The van der Waals surface area contributed by atoms with Crippen molar-refractivity contribution in [2.75, 3.05) is 5.75 Å². The number of imidazole rings is 1. The van der Waals surface area contributed by atoms with Gasteiger partial charge in [0.25, 0.3) is 0 Å². The Morgan fingerprint density at radius 3 is 2.76 bits per heavy atom. The fourth-order valence-electron chi connectivity index (χ4n) is 2.87. The summed E-state index contributed by atoms with van der Waals surface area (Å²) in [6, 6.07) is 14.4. The number of hydrogen-bond acceptors (Lipinski definition) is 4. The van der Waals surface area contributed by atoms with Crippen LogP contribution in [0.5, 0.6) is 0 Å². The van der Waals surface area contributed by atoms with Crippen LogP contribution in [0.3, 0.4) is 0 Å². The largest absolute Gasteiger partial charge is 0.422 e. The SMILES string of the molecule is C=C(C)CSc1nc(-c2cc3ccccc3oc2=O)cn1-c1ccc(Cl)cc1Cl. The number of benzene rings is 2. The van der Waals surface area contributed by atoms with Crippen LogP contribution in [0, 0.1) is 0 Å². The van der Waals surface area contributed by atoms with Crippen LogP contribution in [0.15, 0.2) is 81.2 Å². The Bertz CT molecular complexity index is 1290. The Labute approximate surface area is 181 Å². The summed E-state index contributed by atoms with van der Waals surface area (Å²) >= 11 is 14.0. The number of fused-ring (bicyclic) bond motifs is 1. The molecule has 146 valence electrons. The summed E-state index contributed by atoms with van der Waals surface area (Å²) in [5.41, 5.74) is 2.75. The van der Waals surface area contributed by atoms with Gasteiger partial charge in [0, 0.05) is 22.4 Å². The molecule has 0 saturated carbocycles. The van der Waals surface area contributed by atoms with Crippen LogP contribution in [0.1, 0.15) is 6.92 Å². The minimum Gasteiger partial charge on any atom is -0.422 e. The molecule has 0 amide bonds. The van der Waals surface area contributed by atoms with E-state index in [0.29, 0.717) is 37.8 Å². The maximum atomic E-state index is 12.6. The van der Waals surface area contributed by atoms with Crippen molar-refractivity contribution in [1.29, 1.82) is 0 Å². The van der Waals surface area contributed by atoms with E-state index in [1.165, 1.54) is 11.8 Å². The molecule has 0 bridgehead atoms. The summed E-state index contributed by atoms with van der Waals surface area (Å²) in [6.07, 6.45) is 1.79. The van der Waals surface area contributed by atoms with E-state index in [1.807, 2.05) is 35.8 Å². The molecule has 0 aliphatic carbocycles. The third-order valence-electron chi connectivity index (χ3n) is 4.21. The van der Waals surface area contributed by atoms with Crippen molar-refractivity contribution >= 4 is 45.9 Å². The second-order valence-corrected chi connectivity index (χ2v) is 8.39. The topological polar surface area (TPSA) is 48.0 Å². The Kier molecular flexibility index (Phi) is 5.54. The summed E-state index contributed by atoms with van der Waals surface area (Å²) in [5, 5.41) is 2.56. The van der Waals surface area contributed by atoms with Gasteiger partial charge in [-0.05, 0) is 37.3 Å². The Morgan fingerprint density at radius 2 is 2.00 bits per heavy atom. The molecule has 29 heavy (non-hydrogen) atoms. The average Bonchev–Trinajstić information content (AvgIpc) is 3.09. The van der Waals surface area contributed by atoms with Crippen molar-refractivity contribution in [3.8, 4) is 16.9 Å². The van der Waals surface area contributed by atoms with Crippen molar-refractivity contribution < 1.29 is 4.42 Å². The number of rotatable bonds is 5. The molecule has 0 unspecified atom stereocenters. The molecule has 0 fully saturated rings. The quantitative estimate of drug-likeness (QED) is 0.198. The first-order valence-corrected chi connectivity index (χ1v) is 10.5. The monoisotopic (exact) mass is 442 g/mol. The van der Waals surface area contributed by atoms with Crippen LogP contribution < -0.4 is 5.63 Å². The second kappa shape index (κ2) is 8.11. The smallest absolute Gasteiger partial charge is 0.345 e. The first-order valence-electron chi connectivity index (χ1n) is 8.77. The van der Waals surface area contributed by atoms with Gasteiger partial charge in [0.05, 0.1) is 22.0 Å². The van der Waals surface area contributed by atoms with E-state index in [4.69, 9.17) is 32.6 Å². The van der Waals surface area contributed by atoms with E-state index in [2.05, 4.69) is 6.58 Å². The fraction of sp³-hybridized carbons (Fsp3) is 0.0909. The van der Waals surface area contributed by atoms with Gasteiger partial charge in [-0.15, -0.1) is 0 Å². The molecule has 7 heteroatoms. The molecular weight excluding hydrogens is 427 g/mol. The molecule has 4 rings (SSSR count). The summed E-state index contributed by atoms with van der Waals surface area (Å²) in [4.78, 5) is 17.3. The highest BCUT2D eigenvalue weighted by molar-refractivity contribution is 7.99. The van der Waals surface area contributed by atoms with E-state index < -0.39 is 5.63 Å². The number of halogens is 2. The highest BCUT2D eigenvalue weighted by atomic mass is 35.5. The lowest BCUT2D eigenvalue weighted by molar-refractivity contribution is 0.563. The zero-order chi connectivity index (χ0) is 20.5. The van der Waals surface area contributed by atoms with Gasteiger partial charge >= 0.3 is 5.63 Å². The molecule has 2 heterocycles. The minimum atomic E-state index is -0.438. The molecule has 0 saturated heterocycles. The highest BCUT2D eigenvalue weighted by Gasteiger charge is 2.17. The van der Waals surface area contributed by atoms with Crippen LogP contribution in [0.4, 0.5) is 0 Å². The molecule has 0 spiro atoms. The van der Waals surface area contributed by atoms with Crippen molar-refractivity contribution in [2.45, 2.75) is 12.1 Å². The molecular formula is C22H16Cl2N2O2S. The van der Waals surface area contributed by atoms with Crippen LogP contribution in [0.2, 0.25) is 10.0 Å². The predicted molar refractivity (Wildman–Crippen MR) is 121 cm³/mol. The molecule has 0 aliphatic heterocycles. The summed E-state index contributed by atoms with van der Waals surface area (Å²) in [5.74, 6) is 0.688. The minimum absolute atomic E-state index is 0.393. The van der Waals surface area contributed by atoms with Crippen molar-refractivity contribution in [3.05, 3.63) is 87.3 Å². The molecule has 0 aliphatic rings. The summed E-state index contributed by atoms with van der Waals surface area (Å²) < 4.78 is 7.33. The standard InChI is InChI=1S/C22H16Cl2N2O2S/c1-13(2)12-29-22-25-18(11-26(22)19-8-7-15(23)10-17(19)24)16-9-14-5-3-4-6-20(14)28-21(16)27/h3-11H,1,12H2,2H3. The van der Waals surface area contributed by atoms with Crippen LogP contribution >= 0.6 is 35.0 Å². The first kappa shape index (κ1) is 19.8. The van der Waals surface area contributed by atoms with E-state index in [0.717, 1.165) is 16.6 Å². The average molecular weight is 443 g/mol. The normalized spacial score (nSPS) is 11.1. The number of nitrogens with zero attached hydrogens (tertiary/aromatic N) is 2. The van der Waals surface area contributed by atoms with E-state index in [9.17, 15) is 4.79 Å². The Morgan fingerprint density at radius 1 is 1.21 bits per heavy atom. The van der Waals surface area contributed by atoms with Crippen molar-refractivity contribution in [3.63, 3.8) is 0 Å². The first-order chi connectivity index (χ1) is 13.9. The number of para-hydroxylation sites is 1. The van der Waals surface area contributed by atoms with Crippen molar-refractivity contribution in [1.82, 2.24) is 9.55 Å². The third-order valence-corrected chi connectivity index (χ3v) is 5.93. The zero-order valence-corrected chi connectivity index (χ0v) is 17.8. The predicted octanol–water partition coefficient (Wildman–Crippen LogP) is 6.62.